The number of rotatable bonds is 19. The number of hydrogen-bond donors (Lipinski definition) is 4. The molecule has 0 bridgehead atoms. The van der Waals surface area contributed by atoms with Crippen molar-refractivity contribution >= 4 is 47.4 Å². The molecule has 0 aliphatic carbocycles. The third kappa shape index (κ3) is 12.4. The van der Waals surface area contributed by atoms with Crippen LogP contribution in [0.15, 0.2) is 115 Å². The number of benzene rings is 4. The summed E-state index contributed by atoms with van der Waals surface area (Å²) in [6.45, 7) is 9.98. The second-order valence-corrected chi connectivity index (χ2v) is 18.9. The fourth-order valence-electron chi connectivity index (χ4n) is 7.60. The molecule has 0 spiro atoms. The number of fused-ring (bicyclic) bond motifs is 1. The quantitative estimate of drug-likeness (QED) is 0.0695. The molecule has 1 aliphatic heterocycles. The first kappa shape index (κ1) is 46.3. The van der Waals surface area contributed by atoms with Crippen molar-refractivity contribution in [2.24, 2.45) is 5.92 Å². The summed E-state index contributed by atoms with van der Waals surface area (Å²) in [5.74, 6) is -0.758. The number of alkyl carbamates (subject to hydrolysis) is 1. The molecule has 0 fully saturated rings. The zero-order valence-electron chi connectivity index (χ0n) is 35.6. The van der Waals surface area contributed by atoms with E-state index in [0.717, 1.165) is 27.8 Å². The molecule has 0 aromatic heterocycles. The molecule has 0 saturated heterocycles. The Bertz CT molecular complexity index is 1910. The SMILES string of the molecule is CSCC[C@H](NC(=O)[C@H]1Cc2ccccc2CN1C(=O)[C@H](CC(C)C)NCC(CSC(c1ccccc1)(c1ccccc1)c1ccccc1)NC(=O)OC(C)(C)C)C(=O)O. The van der Waals surface area contributed by atoms with E-state index < -0.39 is 52.5 Å². The van der Waals surface area contributed by atoms with Gasteiger partial charge in [0.05, 0.1) is 16.8 Å². The monoisotopic (exact) mass is 852 g/mol. The van der Waals surface area contributed by atoms with Gasteiger partial charge in [-0.25, -0.2) is 9.59 Å². The zero-order valence-corrected chi connectivity index (χ0v) is 37.2. The van der Waals surface area contributed by atoms with Gasteiger partial charge in [0, 0.05) is 25.3 Å². The van der Waals surface area contributed by atoms with Gasteiger partial charge in [-0.2, -0.15) is 11.8 Å². The molecule has 4 aromatic rings. The molecule has 10 nitrogen and oxygen atoms in total. The van der Waals surface area contributed by atoms with Gasteiger partial charge in [0.15, 0.2) is 0 Å². The summed E-state index contributed by atoms with van der Waals surface area (Å²) < 4.78 is 5.11. The third-order valence-corrected chi connectivity index (χ3v) is 12.8. The van der Waals surface area contributed by atoms with Crippen molar-refractivity contribution < 1.29 is 29.0 Å². The van der Waals surface area contributed by atoms with Gasteiger partial charge in [-0.15, -0.1) is 11.8 Å². The van der Waals surface area contributed by atoms with Crippen LogP contribution in [0.3, 0.4) is 0 Å². The summed E-state index contributed by atoms with van der Waals surface area (Å²) in [5.41, 5.74) is 4.40. The number of carboxylic acid groups (broad SMARTS) is 1. The van der Waals surface area contributed by atoms with Crippen LogP contribution in [0.5, 0.6) is 0 Å². The maximum Gasteiger partial charge on any atom is 0.407 e. The van der Waals surface area contributed by atoms with Crippen molar-refractivity contribution in [3.63, 3.8) is 0 Å². The van der Waals surface area contributed by atoms with E-state index in [9.17, 15) is 24.3 Å². The molecule has 0 radical (unpaired) electrons. The lowest BCUT2D eigenvalue weighted by atomic mass is 9.84. The first-order valence-electron chi connectivity index (χ1n) is 20.6. The van der Waals surface area contributed by atoms with Gasteiger partial charge in [-0.1, -0.05) is 129 Å². The standard InChI is InChI=1S/C48H60N4O6S2/c1-33(2)28-41(44(54)52-31-35-19-17-16-18-34(35)29-42(52)43(53)51-40(45(55)56)26-27-59-6)49-30-39(50-46(57)58-47(3,4)5)32-60-48(36-20-10-7-11-21-36,37-22-12-8-13-23-37)38-24-14-9-15-25-38/h7-25,33,39-42,49H,26-32H2,1-6H3,(H,50,57)(H,51,53)(H,55,56)/t39?,40-,41-,42+/m0/s1. The number of hydrogen-bond acceptors (Lipinski definition) is 8. The van der Waals surface area contributed by atoms with E-state index in [1.54, 1.807) is 16.7 Å². The molecular formula is C48H60N4O6S2. The van der Waals surface area contributed by atoms with Gasteiger partial charge in [-0.05, 0) is 79.4 Å². The summed E-state index contributed by atoms with van der Waals surface area (Å²) in [4.78, 5) is 56.2. The van der Waals surface area contributed by atoms with E-state index in [2.05, 4.69) is 52.3 Å². The molecule has 0 saturated carbocycles. The van der Waals surface area contributed by atoms with Crippen molar-refractivity contribution in [3.8, 4) is 0 Å². The van der Waals surface area contributed by atoms with Crippen LogP contribution in [0.2, 0.25) is 0 Å². The number of carbonyl (C=O) groups is 4. The fourth-order valence-corrected chi connectivity index (χ4v) is 9.63. The second kappa shape index (κ2) is 21.7. The molecule has 1 heterocycles. The zero-order chi connectivity index (χ0) is 43.3. The van der Waals surface area contributed by atoms with Crippen molar-refractivity contribution in [2.75, 3.05) is 24.3 Å². The topological polar surface area (TPSA) is 137 Å². The van der Waals surface area contributed by atoms with Crippen molar-refractivity contribution in [2.45, 2.75) is 94.9 Å². The Hall–Kier alpha value is -4.78. The number of ether oxygens (including phenoxy) is 1. The van der Waals surface area contributed by atoms with Crippen molar-refractivity contribution in [1.29, 1.82) is 0 Å². The predicted octanol–water partition coefficient (Wildman–Crippen LogP) is 7.89. The highest BCUT2D eigenvalue weighted by Crippen LogP contribution is 2.48. The maximum absolute atomic E-state index is 14.9. The second-order valence-electron chi connectivity index (χ2n) is 16.7. The molecule has 60 heavy (non-hydrogen) atoms. The van der Waals surface area contributed by atoms with E-state index in [1.807, 2.05) is 120 Å². The van der Waals surface area contributed by atoms with Crippen LogP contribution >= 0.6 is 23.5 Å². The summed E-state index contributed by atoms with van der Waals surface area (Å²) in [5, 5.41) is 19.4. The molecule has 4 N–H and O–H groups in total. The van der Waals surface area contributed by atoms with E-state index >= 15 is 0 Å². The van der Waals surface area contributed by atoms with Gasteiger partial charge >= 0.3 is 12.1 Å². The maximum atomic E-state index is 14.9. The minimum absolute atomic E-state index is 0.104. The first-order chi connectivity index (χ1) is 28.7. The van der Waals surface area contributed by atoms with Crippen LogP contribution in [0, 0.1) is 5.92 Å². The largest absolute Gasteiger partial charge is 0.480 e. The van der Waals surface area contributed by atoms with Crippen LogP contribution in [-0.2, 0) is 36.8 Å². The van der Waals surface area contributed by atoms with E-state index in [-0.39, 0.29) is 37.8 Å². The number of carbonyl (C=O) groups excluding carboxylic acids is 3. The summed E-state index contributed by atoms with van der Waals surface area (Å²) >= 11 is 3.21. The molecule has 5 rings (SSSR count). The van der Waals surface area contributed by atoms with Crippen LogP contribution in [0.1, 0.15) is 75.3 Å². The molecule has 12 heteroatoms. The molecule has 1 unspecified atom stereocenters. The van der Waals surface area contributed by atoms with Crippen LogP contribution in [0.4, 0.5) is 4.79 Å². The Balaban J connectivity index is 1.47. The Kier molecular flexibility index (Phi) is 16.7. The first-order valence-corrected chi connectivity index (χ1v) is 23.0. The predicted molar refractivity (Wildman–Crippen MR) is 243 cm³/mol. The summed E-state index contributed by atoms with van der Waals surface area (Å²) in [6, 6.07) is 35.5. The van der Waals surface area contributed by atoms with E-state index in [0.29, 0.717) is 17.9 Å². The smallest absolute Gasteiger partial charge is 0.407 e. The minimum atomic E-state index is -1.11. The summed E-state index contributed by atoms with van der Waals surface area (Å²) in [6.07, 6.45) is 2.31. The van der Waals surface area contributed by atoms with Gasteiger partial charge in [0.1, 0.15) is 17.7 Å². The van der Waals surface area contributed by atoms with Crippen LogP contribution < -0.4 is 16.0 Å². The molecule has 3 amide bonds. The lowest BCUT2D eigenvalue weighted by Gasteiger charge is -2.39. The average molecular weight is 853 g/mol. The van der Waals surface area contributed by atoms with Crippen LogP contribution in [-0.4, -0.2) is 88.0 Å². The van der Waals surface area contributed by atoms with Crippen molar-refractivity contribution in [1.82, 2.24) is 20.9 Å². The van der Waals surface area contributed by atoms with Gasteiger partial charge < -0.3 is 30.7 Å². The van der Waals surface area contributed by atoms with Gasteiger partial charge in [-0.3, -0.25) is 9.59 Å². The van der Waals surface area contributed by atoms with Gasteiger partial charge in [0.2, 0.25) is 11.8 Å². The van der Waals surface area contributed by atoms with E-state index in [1.165, 1.54) is 11.8 Å². The Morgan fingerprint density at radius 2 is 1.32 bits per heavy atom. The molecule has 4 aromatic carbocycles. The average Bonchev–Trinajstić information content (AvgIpc) is 3.23. The van der Waals surface area contributed by atoms with Crippen LogP contribution in [0.25, 0.3) is 0 Å². The minimum Gasteiger partial charge on any atom is -0.480 e. The number of carboxylic acids is 1. The summed E-state index contributed by atoms with van der Waals surface area (Å²) in [7, 11) is 0. The molecule has 1 aliphatic rings. The number of thioether (sulfide) groups is 2. The lowest BCUT2D eigenvalue weighted by Crippen LogP contribution is -2.59. The van der Waals surface area contributed by atoms with Crippen molar-refractivity contribution in [3.05, 3.63) is 143 Å². The Morgan fingerprint density at radius 3 is 1.82 bits per heavy atom. The number of nitrogens with zero attached hydrogens (tertiary/aromatic N) is 1. The Labute approximate surface area is 364 Å². The highest BCUT2D eigenvalue weighted by molar-refractivity contribution is 8.00. The normalized spacial score (nSPS) is 15.7. The fraction of sp³-hybridized carbons (Fsp3) is 0.417. The highest BCUT2D eigenvalue weighted by Gasteiger charge is 2.40. The Morgan fingerprint density at radius 1 is 0.783 bits per heavy atom. The molecule has 320 valence electrons. The van der Waals surface area contributed by atoms with E-state index in [4.69, 9.17) is 4.74 Å². The van der Waals surface area contributed by atoms with Gasteiger partial charge in [0.25, 0.3) is 0 Å². The lowest BCUT2D eigenvalue weighted by molar-refractivity contribution is -0.146. The number of nitrogens with one attached hydrogen (secondary N) is 3. The number of amides is 3. The molecular weight excluding hydrogens is 793 g/mol. The highest BCUT2D eigenvalue weighted by atomic mass is 32.2. The number of aliphatic carboxylic acids is 1. The third-order valence-electron chi connectivity index (χ3n) is 10.4. The molecule has 4 atom stereocenters.